The molecule has 2 aromatic carbocycles. The maximum absolute atomic E-state index is 13.4. The third-order valence-corrected chi connectivity index (χ3v) is 3.67. The molecule has 0 bridgehead atoms. The van der Waals surface area contributed by atoms with Gasteiger partial charge in [0.2, 0.25) is 0 Å². The molecule has 0 spiro atoms. The summed E-state index contributed by atoms with van der Waals surface area (Å²) in [4.78, 5) is 2.01. The van der Waals surface area contributed by atoms with Crippen LogP contribution in [0.3, 0.4) is 0 Å². The van der Waals surface area contributed by atoms with Gasteiger partial charge in [-0.2, -0.15) is 13.2 Å². The van der Waals surface area contributed by atoms with Crippen molar-refractivity contribution in [2.45, 2.75) is 25.7 Å². The van der Waals surface area contributed by atoms with Crippen LogP contribution in [0, 0.1) is 5.82 Å². The highest BCUT2D eigenvalue weighted by molar-refractivity contribution is 5.27. The standard InChI is InChI=1S/C18H20F4N2/c19-17-8-7-15(11-16(17)18(20,21)22)13-24(10-4-9-23)12-14-5-2-1-3-6-14/h1-3,5-8,11H,4,9-10,12-13,23H2. The van der Waals surface area contributed by atoms with Gasteiger partial charge in [-0.05, 0) is 36.2 Å². The van der Waals surface area contributed by atoms with Gasteiger partial charge in [0.05, 0.1) is 5.56 Å². The first-order chi connectivity index (χ1) is 11.4. The van der Waals surface area contributed by atoms with Gasteiger partial charge < -0.3 is 5.73 Å². The van der Waals surface area contributed by atoms with Crippen molar-refractivity contribution in [1.29, 1.82) is 0 Å². The van der Waals surface area contributed by atoms with E-state index in [4.69, 9.17) is 5.73 Å². The molecule has 0 heterocycles. The summed E-state index contributed by atoms with van der Waals surface area (Å²) in [7, 11) is 0. The number of alkyl halides is 3. The molecule has 2 nitrogen and oxygen atoms in total. The van der Waals surface area contributed by atoms with Crippen molar-refractivity contribution < 1.29 is 17.6 Å². The van der Waals surface area contributed by atoms with Gasteiger partial charge in [-0.3, -0.25) is 4.90 Å². The monoisotopic (exact) mass is 340 g/mol. The third-order valence-electron chi connectivity index (χ3n) is 3.67. The summed E-state index contributed by atoms with van der Waals surface area (Å²) in [5, 5.41) is 0. The molecule has 0 atom stereocenters. The Morgan fingerprint density at radius 1 is 0.917 bits per heavy atom. The molecule has 0 fully saturated rings. The van der Waals surface area contributed by atoms with Crippen LogP contribution in [0.2, 0.25) is 0 Å². The van der Waals surface area contributed by atoms with Crippen molar-refractivity contribution in [1.82, 2.24) is 4.90 Å². The van der Waals surface area contributed by atoms with E-state index in [-0.39, 0.29) is 0 Å². The van der Waals surface area contributed by atoms with E-state index in [1.807, 2.05) is 35.2 Å². The minimum Gasteiger partial charge on any atom is -0.330 e. The number of nitrogens with zero attached hydrogens (tertiary/aromatic N) is 1. The molecule has 2 aromatic rings. The van der Waals surface area contributed by atoms with Crippen LogP contribution in [-0.4, -0.2) is 18.0 Å². The molecule has 24 heavy (non-hydrogen) atoms. The lowest BCUT2D eigenvalue weighted by Gasteiger charge is -2.23. The average Bonchev–Trinajstić information content (AvgIpc) is 2.54. The van der Waals surface area contributed by atoms with E-state index >= 15 is 0 Å². The van der Waals surface area contributed by atoms with Gasteiger partial charge in [-0.25, -0.2) is 4.39 Å². The lowest BCUT2D eigenvalue weighted by atomic mass is 10.1. The van der Waals surface area contributed by atoms with Crippen molar-refractivity contribution >= 4 is 0 Å². The fourth-order valence-corrected chi connectivity index (χ4v) is 2.52. The third kappa shape index (κ3) is 5.32. The SMILES string of the molecule is NCCCN(Cc1ccccc1)Cc1ccc(F)c(C(F)(F)F)c1. The molecular formula is C18H20F4N2. The topological polar surface area (TPSA) is 29.3 Å². The van der Waals surface area contributed by atoms with Crippen LogP contribution in [0.4, 0.5) is 17.6 Å². The first kappa shape index (κ1) is 18.4. The van der Waals surface area contributed by atoms with Crippen molar-refractivity contribution in [3.63, 3.8) is 0 Å². The van der Waals surface area contributed by atoms with E-state index in [0.29, 0.717) is 31.7 Å². The van der Waals surface area contributed by atoms with Gasteiger partial charge in [-0.1, -0.05) is 36.4 Å². The van der Waals surface area contributed by atoms with Gasteiger partial charge in [0.1, 0.15) is 5.82 Å². The maximum Gasteiger partial charge on any atom is 0.419 e. The van der Waals surface area contributed by atoms with Gasteiger partial charge in [0.15, 0.2) is 0 Å². The van der Waals surface area contributed by atoms with Crippen LogP contribution in [0.15, 0.2) is 48.5 Å². The smallest absolute Gasteiger partial charge is 0.330 e. The van der Waals surface area contributed by atoms with Gasteiger partial charge in [-0.15, -0.1) is 0 Å². The first-order valence-electron chi connectivity index (χ1n) is 7.72. The summed E-state index contributed by atoms with van der Waals surface area (Å²) in [5.41, 5.74) is 5.81. The van der Waals surface area contributed by atoms with E-state index in [9.17, 15) is 17.6 Å². The molecule has 0 saturated carbocycles. The zero-order chi connectivity index (χ0) is 17.6. The minimum atomic E-state index is -4.69. The molecule has 2 rings (SSSR count). The molecule has 0 unspecified atom stereocenters. The summed E-state index contributed by atoms with van der Waals surface area (Å²) < 4.78 is 51.9. The van der Waals surface area contributed by atoms with Crippen LogP contribution in [-0.2, 0) is 19.3 Å². The van der Waals surface area contributed by atoms with Crippen molar-refractivity contribution in [3.8, 4) is 0 Å². The Morgan fingerprint density at radius 3 is 2.21 bits per heavy atom. The summed E-state index contributed by atoms with van der Waals surface area (Å²) >= 11 is 0. The Bertz CT molecular complexity index is 641. The van der Waals surface area contributed by atoms with Crippen LogP contribution < -0.4 is 5.73 Å². The lowest BCUT2D eigenvalue weighted by molar-refractivity contribution is -0.140. The molecule has 0 aliphatic heterocycles. The lowest BCUT2D eigenvalue weighted by Crippen LogP contribution is -2.26. The fraction of sp³-hybridized carbons (Fsp3) is 0.333. The van der Waals surface area contributed by atoms with Gasteiger partial charge in [0, 0.05) is 19.6 Å². The van der Waals surface area contributed by atoms with Crippen molar-refractivity contribution in [3.05, 3.63) is 71.0 Å². The second-order valence-electron chi connectivity index (χ2n) is 5.65. The molecule has 0 aromatic heterocycles. The molecule has 0 aliphatic rings. The van der Waals surface area contributed by atoms with Crippen LogP contribution in [0.5, 0.6) is 0 Å². The predicted molar refractivity (Wildman–Crippen MR) is 85.6 cm³/mol. The van der Waals surface area contributed by atoms with Crippen LogP contribution >= 0.6 is 0 Å². The molecule has 0 saturated heterocycles. The number of rotatable bonds is 7. The fourth-order valence-electron chi connectivity index (χ4n) is 2.52. The van der Waals surface area contributed by atoms with Crippen LogP contribution in [0.1, 0.15) is 23.1 Å². The number of nitrogens with two attached hydrogens (primary N) is 1. The summed E-state index contributed by atoms with van der Waals surface area (Å²) in [6.45, 7) is 2.06. The van der Waals surface area contributed by atoms with E-state index in [1.54, 1.807) is 0 Å². The number of benzene rings is 2. The highest BCUT2D eigenvalue weighted by Gasteiger charge is 2.34. The van der Waals surface area contributed by atoms with E-state index < -0.39 is 17.6 Å². The highest BCUT2D eigenvalue weighted by Crippen LogP contribution is 2.32. The first-order valence-corrected chi connectivity index (χ1v) is 7.72. The molecule has 130 valence electrons. The maximum atomic E-state index is 13.4. The summed E-state index contributed by atoms with van der Waals surface area (Å²) in [6.07, 6.45) is -3.96. The van der Waals surface area contributed by atoms with Crippen LogP contribution in [0.25, 0.3) is 0 Å². The van der Waals surface area contributed by atoms with E-state index in [1.165, 1.54) is 6.07 Å². The van der Waals surface area contributed by atoms with Gasteiger partial charge >= 0.3 is 6.18 Å². The number of halogens is 4. The zero-order valence-corrected chi connectivity index (χ0v) is 13.2. The Labute approximate surface area is 138 Å². The quantitative estimate of drug-likeness (QED) is 0.766. The second kappa shape index (κ2) is 8.26. The Morgan fingerprint density at radius 2 is 1.58 bits per heavy atom. The minimum absolute atomic E-state index is 0.304. The number of hydrogen-bond acceptors (Lipinski definition) is 2. The normalized spacial score (nSPS) is 11.9. The summed E-state index contributed by atoms with van der Waals surface area (Å²) in [6, 6.07) is 12.8. The molecule has 0 amide bonds. The Hall–Kier alpha value is -1.92. The van der Waals surface area contributed by atoms with E-state index in [0.717, 1.165) is 24.1 Å². The molecule has 0 aliphatic carbocycles. The van der Waals surface area contributed by atoms with Crippen molar-refractivity contribution in [2.24, 2.45) is 5.73 Å². The number of hydrogen-bond donors (Lipinski definition) is 1. The second-order valence-corrected chi connectivity index (χ2v) is 5.65. The average molecular weight is 340 g/mol. The predicted octanol–water partition coefficient (Wildman–Crippen LogP) is 4.20. The van der Waals surface area contributed by atoms with Crippen molar-refractivity contribution in [2.75, 3.05) is 13.1 Å². The largest absolute Gasteiger partial charge is 0.419 e. The van der Waals surface area contributed by atoms with E-state index in [2.05, 4.69) is 0 Å². The Balaban J connectivity index is 2.16. The molecule has 6 heteroatoms. The molecule has 0 radical (unpaired) electrons. The van der Waals surface area contributed by atoms with Gasteiger partial charge in [0.25, 0.3) is 0 Å². The zero-order valence-electron chi connectivity index (χ0n) is 13.2. The molecule has 2 N–H and O–H groups in total. The summed E-state index contributed by atoms with van der Waals surface area (Å²) in [5.74, 6) is -1.25. The highest BCUT2D eigenvalue weighted by atomic mass is 19.4. The molecular weight excluding hydrogens is 320 g/mol. The Kier molecular flexibility index (Phi) is 6.34.